The Morgan fingerprint density at radius 2 is 1.77 bits per heavy atom. The Hall–Kier alpha value is -4.51. The average molecular weight is 588 g/mol. The fourth-order valence-corrected chi connectivity index (χ4v) is 4.76. The van der Waals surface area contributed by atoms with E-state index in [9.17, 15) is 4.79 Å². The lowest BCUT2D eigenvalue weighted by Gasteiger charge is -2.34. The van der Waals surface area contributed by atoms with E-state index in [1.54, 1.807) is 28.2 Å². The molecule has 1 unspecified atom stereocenters. The molecule has 0 bridgehead atoms. The molecule has 14 nitrogen and oxygen atoms in total. The maximum atomic E-state index is 12.5. The molecule has 3 aromatic rings. The summed E-state index contributed by atoms with van der Waals surface area (Å²) in [6.45, 7) is 10.4. The molecule has 5 heterocycles. The number of hydrogen-bond donors (Lipinski definition) is 1. The van der Waals surface area contributed by atoms with Gasteiger partial charge in [-0.05, 0) is 33.6 Å². The molecule has 0 spiro atoms. The van der Waals surface area contributed by atoms with E-state index in [4.69, 9.17) is 9.47 Å². The zero-order chi connectivity index (χ0) is 29.8. The van der Waals surface area contributed by atoms with E-state index >= 15 is 0 Å². The Balaban J connectivity index is 0.995. The van der Waals surface area contributed by atoms with Crippen molar-refractivity contribution in [2.24, 2.45) is 5.92 Å². The zero-order valence-corrected chi connectivity index (χ0v) is 24.8. The highest BCUT2D eigenvalue weighted by Crippen LogP contribution is 2.27. The highest BCUT2D eigenvalue weighted by molar-refractivity contribution is 5.68. The SMILES string of the molecule is CC(C)(C)OC(=O)N1CCOC(Cn2cc(Nc3ncnc(N4CCN(c5ncc(C#CC6CC6)cn5)CC4)n3)cn2)C1. The molecule has 1 atom stereocenters. The third-order valence-electron chi connectivity index (χ3n) is 7.11. The first-order chi connectivity index (χ1) is 20.8. The van der Waals surface area contributed by atoms with E-state index in [0.29, 0.717) is 50.0 Å². The maximum Gasteiger partial charge on any atom is 0.410 e. The normalized spacial score (nSPS) is 19.0. The fraction of sp³-hybridized carbons (Fsp3) is 0.552. The lowest BCUT2D eigenvalue weighted by molar-refractivity contribution is -0.0483. The van der Waals surface area contributed by atoms with Crippen LogP contribution in [0, 0.1) is 17.8 Å². The number of nitrogens with one attached hydrogen (secondary N) is 1. The molecule has 43 heavy (non-hydrogen) atoms. The number of hydrogen-bond acceptors (Lipinski definition) is 12. The fourth-order valence-electron chi connectivity index (χ4n) is 4.76. The van der Waals surface area contributed by atoms with Gasteiger partial charge in [-0.2, -0.15) is 10.1 Å². The molecule has 0 radical (unpaired) electrons. The van der Waals surface area contributed by atoms with Crippen LogP contribution in [0.2, 0.25) is 0 Å². The molecular formula is C29H37N11O3. The minimum atomic E-state index is -0.539. The summed E-state index contributed by atoms with van der Waals surface area (Å²) in [6.07, 6.45) is 10.6. The molecule has 1 amide bonds. The Morgan fingerprint density at radius 1 is 1.02 bits per heavy atom. The van der Waals surface area contributed by atoms with Crippen LogP contribution < -0.4 is 15.1 Å². The lowest BCUT2D eigenvalue weighted by atomic mass is 10.2. The standard InChI is InChI=1S/C29H37N11O3/c1-29(2,3)43-28(41)39-12-13-42-24(18-39)19-40-17-23(16-34-40)35-25-32-20-33-27(36-25)38-10-8-37(9-11-38)26-30-14-22(15-31-26)7-6-21-4-5-21/h14-17,20-21,24H,4-5,8-13,18-19H2,1-3H3,(H,32,33,35,36). The summed E-state index contributed by atoms with van der Waals surface area (Å²) < 4.78 is 13.2. The van der Waals surface area contributed by atoms with Crippen molar-refractivity contribution in [3.63, 3.8) is 0 Å². The van der Waals surface area contributed by atoms with Crippen LogP contribution in [-0.4, -0.2) is 103 Å². The Bertz CT molecular complexity index is 1470. The van der Waals surface area contributed by atoms with Crippen LogP contribution in [0.25, 0.3) is 0 Å². The smallest absolute Gasteiger partial charge is 0.410 e. The van der Waals surface area contributed by atoms with Crippen LogP contribution in [0.5, 0.6) is 0 Å². The van der Waals surface area contributed by atoms with Crippen molar-refractivity contribution in [2.45, 2.75) is 51.9 Å². The van der Waals surface area contributed by atoms with E-state index in [-0.39, 0.29) is 12.2 Å². The molecule has 1 saturated carbocycles. The van der Waals surface area contributed by atoms with E-state index in [2.05, 4.69) is 57.0 Å². The van der Waals surface area contributed by atoms with Crippen LogP contribution in [-0.2, 0) is 16.0 Å². The molecule has 3 fully saturated rings. The minimum absolute atomic E-state index is 0.194. The second kappa shape index (κ2) is 12.4. The van der Waals surface area contributed by atoms with Crippen molar-refractivity contribution in [2.75, 3.05) is 61.0 Å². The molecule has 3 aromatic heterocycles. The Morgan fingerprint density at radius 3 is 2.49 bits per heavy atom. The number of ether oxygens (including phenoxy) is 2. The predicted molar refractivity (Wildman–Crippen MR) is 159 cm³/mol. The van der Waals surface area contributed by atoms with Gasteiger partial charge in [0.1, 0.15) is 11.9 Å². The monoisotopic (exact) mass is 587 g/mol. The van der Waals surface area contributed by atoms with Crippen molar-refractivity contribution in [1.82, 2.24) is 39.6 Å². The van der Waals surface area contributed by atoms with Gasteiger partial charge in [-0.25, -0.2) is 24.7 Å². The van der Waals surface area contributed by atoms with Crippen molar-refractivity contribution >= 4 is 29.6 Å². The van der Waals surface area contributed by atoms with Gasteiger partial charge in [0.15, 0.2) is 0 Å². The molecule has 0 aromatic carbocycles. The number of nitrogens with zero attached hydrogens (tertiary/aromatic N) is 10. The first-order valence-electron chi connectivity index (χ1n) is 14.7. The van der Waals surface area contributed by atoms with Gasteiger partial charge in [0.2, 0.25) is 17.8 Å². The molecule has 226 valence electrons. The summed E-state index contributed by atoms with van der Waals surface area (Å²) >= 11 is 0. The van der Waals surface area contributed by atoms with Crippen molar-refractivity contribution in [3.05, 3.63) is 36.7 Å². The van der Waals surface area contributed by atoms with Crippen molar-refractivity contribution < 1.29 is 14.3 Å². The molecule has 14 heteroatoms. The number of morpholine rings is 1. The Labute approximate surface area is 250 Å². The molecular weight excluding hydrogens is 550 g/mol. The number of carbonyl (C=O) groups is 1. The van der Waals surface area contributed by atoms with Crippen LogP contribution in [0.1, 0.15) is 39.2 Å². The van der Waals surface area contributed by atoms with Gasteiger partial charge in [-0.15, -0.1) is 0 Å². The quantitative estimate of drug-likeness (QED) is 0.423. The van der Waals surface area contributed by atoms with Crippen LogP contribution >= 0.6 is 0 Å². The van der Waals surface area contributed by atoms with Gasteiger partial charge in [-0.3, -0.25) is 4.68 Å². The molecule has 2 saturated heterocycles. The summed E-state index contributed by atoms with van der Waals surface area (Å²) in [6, 6.07) is 0. The molecule has 1 aliphatic carbocycles. The summed E-state index contributed by atoms with van der Waals surface area (Å²) in [7, 11) is 0. The topological polar surface area (TPSA) is 140 Å². The zero-order valence-electron chi connectivity index (χ0n) is 24.8. The molecule has 2 aliphatic heterocycles. The number of piperazine rings is 1. The number of anilines is 4. The van der Waals surface area contributed by atoms with E-state index in [1.165, 1.54) is 19.2 Å². The number of amides is 1. The molecule has 3 aliphatic rings. The van der Waals surface area contributed by atoms with E-state index < -0.39 is 5.60 Å². The molecule has 6 rings (SSSR count). The second-order valence-electron chi connectivity index (χ2n) is 11.9. The van der Waals surface area contributed by atoms with Crippen LogP contribution in [0.15, 0.2) is 31.1 Å². The minimum Gasteiger partial charge on any atom is -0.444 e. The first kappa shape index (κ1) is 28.6. The summed E-state index contributed by atoms with van der Waals surface area (Å²) in [5.74, 6) is 8.71. The maximum absolute atomic E-state index is 12.5. The molecule has 1 N–H and O–H groups in total. The second-order valence-corrected chi connectivity index (χ2v) is 11.9. The predicted octanol–water partition coefficient (Wildman–Crippen LogP) is 2.33. The van der Waals surface area contributed by atoms with Gasteiger partial charge in [-0.1, -0.05) is 11.8 Å². The van der Waals surface area contributed by atoms with Gasteiger partial charge in [0.05, 0.1) is 43.2 Å². The highest BCUT2D eigenvalue weighted by Gasteiger charge is 2.28. The van der Waals surface area contributed by atoms with Crippen LogP contribution in [0.4, 0.5) is 28.3 Å². The largest absolute Gasteiger partial charge is 0.444 e. The summed E-state index contributed by atoms with van der Waals surface area (Å²) in [4.78, 5) is 40.8. The van der Waals surface area contributed by atoms with E-state index in [1.807, 2.05) is 27.0 Å². The summed E-state index contributed by atoms with van der Waals surface area (Å²) in [5.41, 5.74) is 1.06. The van der Waals surface area contributed by atoms with Gasteiger partial charge in [0.25, 0.3) is 0 Å². The number of aromatic nitrogens is 7. The average Bonchev–Trinajstić information content (AvgIpc) is 3.74. The Kier molecular flexibility index (Phi) is 8.24. The number of carbonyl (C=O) groups excluding carboxylic acids is 1. The summed E-state index contributed by atoms with van der Waals surface area (Å²) in [5, 5.41) is 7.66. The van der Waals surface area contributed by atoms with Gasteiger partial charge >= 0.3 is 6.09 Å². The van der Waals surface area contributed by atoms with Gasteiger partial charge in [0, 0.05) is 57.2 Å². The highest BCUT2D eigenvalue weighted by atomic mass is 16.6. The third kappa shape index (κ3) is 7.86. The number of rotatable bonds is 6. The van der Waals surface area contributed by atoms with E-state index in [0.717, 1.165) is 37.4 Å². The first-order valence-corrected chi connectivity index (χ1v) is 14.7. The lowest BCUT2D eigenvalue weighted by Crippen LogP contribution is -2.48. The van der Waals surface area contributed by atoms with Gasteiger partial charge < -0.3 is 29.5 Å². The van der Waals surface area contributed by atoms with Crippen LogP contribution in [0.3, 0.4) is 0 Å². The van der Waals surface area contributed by atoms with Crippen molar-refractivity contribution in [3.8, 4) is 11.8 Å². The third-order valence-corrected chi connectivity index (χ3v) is 7.11. The van der Waals surface area contributed by atoms with Crippen molar-refractivity contribution in [1.29, 1.82) is 0 Å².